The van der Waals surface area contributed by atoms with Crippen LogP contribution in [0.5, 0.6) is 5.88 Å². The third-order valence-corrected chi connectivity index (χ3v) is 4.95. The molecule has 0 spiro atoms. The van der Waals surface area contributed by atoms with Crippen LogP contribution < -0.4 is 10.1 Å². The van der Waals surface area contributed by atoms with Crippen LogP contribution in [-0.4, -0.2) is 28.8 Å². The van der Waals surface area contributed by atoms with Crippen molar-refractivity contribution >= 4 is 11.6 Å². The molecule has 1 saturated carbocycles. The average Bonchev–Trinajstić information content (AvgIpc) is 3.40. The normalized spacial score (nSPS) is 19.4. The van der Waals surface area contributed by atoms with Crippen molar-refractivity contribution in [1.29, 1.82) is 0 Å². The van der Waals surface area contributed by atoms with Gasteiger partial charge in [-0.1, -0.05) is 41.6 Å². The summed E-state index contributed by atoms with van der Waals surface area (Å²) in [7, 11) is 0. The van der Waals surface area contributed by atoms with E-state index in [1.807, 2.05) is 42.5 Å². The van der Waals surface area contributed by atoms with Crippen LogP contribution in [0.3, 0.4) is 0 Å². The Morgan fingerprint density at radius 3 is 2.78 bits per heavy atom. The zero-order valence-electron chi connectivity index (χ0n) is 15.1. The molecule has 2 aliphatic rings. The van der Waals surface area contributed by atoms with Crippen LogP contribution in [-0.2, 0) is 16.2 Å². The van der Waals surface area contributed by atoms with Gasteiger partial charge >= 0.3 is 0 Å². The van der Waals surface area contributed by atoms with E-state index in [-0.39, 0.29) is 12.0 Å². The number of nitrogens with zero attached hydrogens (tertiary/aromatic N) is 2. The van der Waals surface area contributed by atoms with E-state index in [2.05, 4.69) is 15.5 Å². The highest BCUT2D eigenvalue weighted by molar-refractivity contribution is 6.04. The van der Waals surface area contributed by atoms with Gasteiger partial charge in [-0.2, -0.15) is 0 Å². The molecule has 1 aliphatic heterocycles. The number of benzene rings is 1. The number of amides is 1. The summed E-state index contributed by atoms with van der Waals surface area (Å²) in [5.41, 5.74) is 2.65. The molecule has 1 aromatic heterocycles. The molecule has 1 aliphatic carbocycles. The third-order valence-electron chi connectivity index (χ3n) is 4.95. The molecule has 27 heavy (non-hydrogen) atoms. The molecule has 1 amide bonds. The Labute approximate surface area is 158 Å². The third kappa shape index (κ3) is 4.27. The molecule has 1 N–H and O–H groups in total. The summed E-state index contributed by atoms with van der Waals surface area (Å²) in [6.07, 6.45) is 6.35. The lowest BCUT2D eigenvalue weighted by Gasteiger charge is -2.16. The second-order valence-corrected chi connectivity index (χ2v) is 6.91. The minimum absolute atomic E-state index is 0.180. The van der Waals surface area contributed by atoms with Gasteiger partial charge in [-0.15, -0.1) is 0 Å². The second kappa shape index (κ2) is 8.20. The lowest BCUT2D eigenvalue weighted by molar-refractivity contribution is -0.131. The molecule has 1 unspecified atom stereocenters. The molecule has 0 saturated heterocycles. The van der Waals surface area contributed by atoms with Gasteiger partial charge in [0.1, 0.15) is 6.10 Å². The van der Waals surface area contributed by atoms with E-state index in [9.17, 15) is 4.79 Å². The predicted octanol–water partition coefficient (Wildman–Crippen LogP) is 3.21. The van der Waals surface area contributed by atoms with Crippen LogP contribution >= 0.6 is 0 Å². The van der Waals surface area contributed by atoms with Crippen LogP contribution in [0.2, 0.25) is 0 Å². The van der Waals surface area contributed by atoms with E-state index in [0.29, 0.717) is 18.8 Å². The van der Waals surface area contributed by atoms with Crippen molar-refractivity contribution in [2.75, 3.05) is 0 Å². The lowest BCUT2D eigenvalue weighted by atomic mass is 10.0. The van der Waals surface area contributed by atoms with Gasteiger partial charge < -0.3 is 14.9 Å². The Balaban J connectivity index is 1.32. The molecule has 1 aromatic carbocycles. The molecule has 0 bridgehead atoms. The maximum Gasteiger partial charge on any atom is 0.264 e. The quantitative estimate of drug-likeness (QED) is 0.853. The Bertz CT molecular complexity index is 816. The molecule has 2 aromatic rings. The Kier molecular flexibility index (Phi) is 5.32. The van der Waals surface area contributed by atoms with Crippen molar-refractivity contribution in [1.82, 2.24) is 10.3 Å². The summed E-state index contributed by atoms with van der Waals surface area (Å²) in [5, 5.41) is 6.99. The van der Waals surface area contributed by atoms with Crippen LogP contribution in [0.25, 0.3) is 0 Å². The standard InChI is InChI=1S/C21H23N3O3/c25-20(19-13-18(24-27-19)15-7-2-1-3-8-15)23-14-16-9-6-12-22-21(16)26-17-10-4-5-11-17/h1-3,6-9,12,17,19H,4-5,10-11,13-14H2,(H,23,25). The first kappa shape index (κ1) is 17.5. The summed E-state index contributed by atoms with van der Waals surface area (Å²) in [6, 6.07) is 13.5. The maximum atomic E-state index is 12.5. The van der Waals surface area contributed by atoms with Gasteiger partial charge in [0.05, 0.1) is 5.71 Å². The Morgan fingerprint density at radius 1 is 1.15 bits per heavy atom. The minimum atomic E-state index is -0.601. The number of carbonyl (C=O) groups excluding carboxylic acids is 1. The van der Waals surface area contributed by atoms with E-state index >= 15 is 0 Å². The lowest BCUT2D eigenvalue weighted by Crippen LogP contribution is -2.34. The fourth-order valence-corrected chi connectivity index (χ4v) is 3.44. The van der Waals surface area contributed by atoms with E-state index in [0.717, 1.165) is 29.7 Å². The van der Waals surface area contributed by atoms with E-state index in [1.54, 1.807) is 6.20 Å². The zero-order valence-corrected chi connectivity index (χ0v) is 15.1. The van der Waals surface area contributed by atoms with Crippen molar-refractivity contribution in [2.24, 2.45) is 5.16 Å². The highest BCUT2D eigenvalue weighted by Gasteiger charge is 2.29. The highest BCUT2D eigenvalue weighted by atomic mass is 16.6. The Morgan fingerprint density at radius 2 is 1.96 bits per heavy atom. The number of nitrogens with one attached hydrogen (secondary N) is 1. The van der Waals surface area contributed by atoms with Gasteiger partial charge in [-0.3, -0.25) is 4.79 Å². The topological polar surface area (TPSA) is 72.8 Å². The van der Waals surface area contributed by atoms with Crippen molar-refractivity contribution in [3.05, 3.63) is 59.8 Å². The average molecular weight is 365 g/mol. The van der Waals surface area contributed by atoms with Crippen molar-refractivity contribution in [3.63, 3.8) is 0 Å². The molecule has 1 fully saturated rings. The molecular weight excluding hydrogens is 342 g/mol. The Hall–Kier alpha value is -2.89. The number of oxime groups is 1. The number of ether oxygens (including phenoxy) is 1. The van der Waals surface area contributed by atoms with Crippen LogP contribution in [0.4, 0.5) is 0 Å². The highest BCUT2D eigenvalue weighted by Crippen LogP contribution is 2.25. The molecule has 6 heteroatoms. The molecule has 140 valence electrons. The molecular formula is C21H23N3O3. The van der Waals surface area contributed by atoms with Gasteiger partial charge in [0.25, 0.3) is 5.91 Å². The molecule has 6 nitrogen and oxygen atoms in total. The first-order valence-electron chi connectivity index (χ1n) is 9.46. The van der Waals surface area contributed by atoms with Crippen LogP contribution in [0.15, 0.2) is 53.8 Å². The first-order valence-corrected chi connectivity index (χ1v) is 9.46. The fourth-order valence-electron chi connectivity index (χ4n) is 3.44. The van der Waals surface area contributed by atoms with E-state index in [4.69, 9.17) is 9.57 Å². The number of pyridine rings is 1. The fraction of sp³-hybridized carbons (Fsp3) is 0.381. The van der Waals surface area contributed by atoms with Gasteiger partial charge in [0, 0.05) is 24.7 Å². The minimum Gasteiger partial charge on any atom is -0.474 e. The van der Waals surface area contributed by atoms with Crippen molar-refractivity contribution in [3.8, 4) is 5.88 Å². The summed E-state index contributed by atoms with van der Waals surface area (Å²) < 4.78 is 6.02. The van der Waals surface area contributed by atoms with Crippen LogP contribution in [0, 0.1) is 0 Å². The molecule has 2 heterocycles. The molecule has 0 radical (unpaired) electrons. The maximum absolute atomic E-state index is 12.5. The van der Waals surface area contributed by atoms with Gasteiger partial charge in [-0.25, -0.2) is 4.98 Å². The number of hydrogen-bond donors (Lipinski definition) is 1. The van der Waals surface area contributed by atoms with E-state index < -0.39 is 6.10 Å². The number of rotatable bonds is 6. The van der Waals surface area contributed by atoms with Crippen LogP contribution in [0.1, 0.15) is 43.2 Å². The number of hydrogen-bond acceptors (Lipinski definition) is 5. The predicted molar refractivity (Wildman–Crippen MR) is 101 cm³/mol. The number of aromatic nitrogens is 1. The largest absolute Gasteiger partial charge is 0.474 e. The molecule has 4 rings (SSSR count). The van der Waals surface area contributed by atoms with Gasteiger partial charge in [0.15, 0.2) is 0 Å². The smallest absolute Gasteiger partial charge is 0.264 e. The van der Waals surface area contributed by atoms with Gasteiger partial charge in [0.2, 0.25) is 12.0 Å². The summed E-state index contributed by atoms with van der Waals surface area (Å²) in [4.78, 5) is 22.2. The second-order valence-electron chi connectivity index (χ2n) is 6.91. The summed E-state index contributed by atoms with van der Waals surface area (Å²) >= 11 is 0. The number of carbonyl (C=O) groups is 1. The zero-order chi connectivity index (χ0) is 18.5. The summed E-state index contributed by atoms with van der Waals surface area (Å²) in [5.74, 6) is 0.429. The van der Waals surface area contributed by atoms with Crippen molar-refractivity contribution in [2.45, 2.75) is 50.9 Å². The van der Waals surface area contributed by atoms with Crippen molar-refractivity contribution < 1.29 is 14.4 Å². The van der Waals surface area contributed by atoms with Gasteiger partial charge in [-0.05, 0) is 37.3 Å². The molecule has 1 atom stereocenters. The van der Waals surface area contributed by atoms with E-state index in [1.165, 1.54) is 12.8 Å². The SMILES string of the molecule is O=C(NCc1cccnc1OC1CCCC1)C1CC(c2ccccc2)=NO1. The monoisotopic (exact) mass is 365 g/mol. The first-order chi connectivity index (χ1) is 13.3. The summed E-state index contributed by atoms with van der Waals surface area (Å²) in [6.45, 7) is 0.356.